The van der Waals surface area contributed by atoms with Crippen molar-refractivity contribution in [3.05, 3.63) is 40.2 Å². The highest BCUT2D eigenvalue weighted by Crippen LogP contribution is 2.19. The van der Waals surface area contributed by atoms with Crippen molar-refractivity contribution in [2.45, 2.75) is 19.4 Å². The number of benzene rings is 1. The van der Waals surface area contributed by atoms with Gasteiger partial charge in [-0.1, -0.05) is 0 Å². The van der Waals surface area contributed by atoms with Gasteiger partial charge in [0.15, 0.2) is 5.11 Å². The zero-order chi connectivity index (χ0) is 19.6. The number of fused-ring (bicyclic) bond motifs is 1. The van der Waals surface area contributed by atoms with E-state index in [0.29, 0.717) is 49.1 Å². The van der Waals surface area contributed by atoms with Crippen LogP contribution in [0, 0.1) is 0 Å². The highest BCUT2D eigenvalue weighted by atomic mass is 32.1. The monoisotopic (exact) mass is 393 g/mol. The Morgan fingerprint density at radius 1 is 1.30 bits per heavy atom. The topological polar surface area (TPSA) is 86.8 Å². The average molecular weight is 394 g/mol. The van der Waals surface area contributed by atoms with E-state index in [0.717, 1.165) is 17.3 Å². The predicted molar refractivity (Wildman–Crippen MR) is 110 cm³/mol. The summed E-state index contributed by atoms with van der Waals surface area (Å²) >= 11 is 5.47. The van der Waals surface area contributed by atoms with Gasteiger partial charge in [-0.25, -0.2) is 0 Å². The summed E-state index contributed by atoms with van der Waals surface area (Å²) in [5.41, 5.74) is 1.18. The number of hydrogen-bond acceptors (Lipinski definition) is 5. The molecule has 0 fully saturated rings. The number of nitrogens with one attached hydrogen (secondary N) is 2. The van der Waals surface area contributed by atoms with Crippen molar-refractivity contribution in [2.75, 3.05) is 40.5 Å². The van der Waals surface area contributed by atoms with Crippen LogP contribution in [0.3, 0.4) is 0 Å². The number of nitrogens with zero attached hydrogens (tertiary/aromatic N) is 1. The third-order valence-corrected chi connectivity index (χ3v) is 4.57. The number of pyridine rings is 1. The molecule has 3 N–H and O–H groups in total. The van der Waals surface area contributed by atoms with Crippen LogP contribution in [0.25, 0.3) is 10.9 Å². The van der Waals surface area contributed by atoms with E-state index in [4.69, 9.17) is 26.8 Å². The third-order valence-electron chi connectivity index (χ3n) is 4.17. The van der Waals surface area contributed by atoms with Gasteiger partial charge < -0.3 is 29.8 Å². The predicted octanol–water partition coefficient (Wildman–Crippen LogP) is 1.63. The Labute approximate surface area is 164 Å². The van der Waals surface area contributed by atoms with Crippen molar-refractivity contribution in [2.24, 2.45) is 0 Å². The average Bonchev–Trinajstić information content (AvgIpc) is 2.68. The minimum atomic E-state index is -0.160. The van der Waals surface area contributed by atoms with Gasteiger partial charge in [0.2, 0.25) is 0 Å². The molecule has 27 heavy (non-hydrogen) atoms. The zero-order valence-electron chi connectivity index (χ0n) is 15.8. The molecule has 7 nitrogen and oxygen atoms in total. The second-order valence-electron chi connectivity index (χ2n) is 6.15. The van der Waals surface area contributed by atoms with Crippen LogP contribution < -0.4 is 15.6 Å². The van der Waals surface area contributed by atoms with Crippen molar-refractivity contribution < 1.29 is 14.6 Å². The maximum atomic E-state index is 12.5. The van der Waals surface area contributed by atoms with Gasteiger partial charge in [-0.15, -0.1) is 0 Å². The lowest BCUT2D eigenvalue weighted by atomic mass is 10.1. The first-order valence-corrected chi connectivity index (χ1v) is 9.32. The lowest BCUT2D eigenvalue weighted by Crippen LogP contribution is -2.41. The van der Waals surface area contributed by atoms with Crippen LogP contribution in [-0.4, -0.2) is 60.6 Å². The van der Waals surface area contributed by atoms with E-state index >= 15 is 0 Å². The molecule has 0 aliphatic heterocycles. The first-order chi connectivity index (χ1) is 13.1. The molecule has 0 aliphatic carbocycles. The first kappa shape index (κ1) is 21.1. The standard InChI is InChI=1S/C19H27N3O4S/c1-25-10-3-7-20-19(27)22(8-4-9-23)13-15-11-14-5-6-16(26-2)12-17(14)21-18(15)24/h5-6,11-12,23H,3-4,7-10,13H2,1-2H3,(H,20,27)(H,21,24). The largest absolute Gasteiger partial charge is 0.497 e. The molecule has 1 aromatic heterocycles. The number of aromatic amines is 1. The lowest BCUT2D eigenvalue weighted by Gasteiger charge is -2.25. The summed E-state index contributed by atoms with van der Waals surface area (Å²) < 4.78 is 10.2. The van der Waals surface area contributed by atoms with Gasteiger partial charge in [-0.3, -0.25) is 4.79 Å². The van der Waals surface area contributed by atoms with Crippen LogP contribution in [-0.2, 0) is 11.3 Å². The maximum absolute atomic E-state index is 12.5. The Kier molecular flexibility index (Phi) is 8.50. The van der Waals surface area contributed by atoms with Crippen molar-refractivity contribution in [3.63, 3.8) is 0 Å². The number of aliphatic hydroxyl groups is 1. The molecule has 1 heterocycles. The molecule has 2 rings (SSSR count). The number of hydrogen-bond donors (Lipinski definition) is 3. The molecule has 0 bridgehead atoms. The van der Waals surface area contributed by atoms with E-state index in [1.165, 1.54) is 0 Å². The molecule has 2 aromatic rings. The summed E-state index contributed by atoms with van der Waals surface area (Å²) in [6, 6.07) is 7.43. The van der Waals surface area contributed by atoms with Crippen molar-refractivity contribution in [3.8, 4) is 5.75 Å². The third kappa shape index (κ3) is 6.20. The minimum absolute atomic E-state index is 0.0661. The van der Waals surface area contributed by atoms with Crippen LogP contribution in [0.5, 0.6) is 5.75 Å². The number of ether oxygens (including phenoxy) is 2. The number of methoxy groups -OCH3 is 2. The number of rotatable bonds is 10. The summed E-state index contributed by atoms with van der Waals surface area (Å²) in [7, 11) is 3.25. The molecule has 0 saturated heterocycles. The van der Waals surface area contributed by atoms with Gasteiger partial charge >= 0.3 is 0 Å². The smallest absolute Gasteiger partial charge is 0.253 e. The molecular weight excluding hydrogens is 366 g/mol. The molecule has 0 spiro atoms. The molecule has 1 aromatic carbocycles. The Hall–Kier alpha value is -2.16. The summed E-state index contributed by atoms with van der Waals surface area (Å²) in [6.07, 6.45) is 1.41. The molecule has 8 heteroatoms. The fourth-order valence-corrected chi connectivity index (χ4v) is 2.97. The minimum Gasteiger partial charge on any atom is -0.497 e. The highest BCUT2D eigenvalue weighted by molar-refractivity contribution is 7.80. The van der Waals surface area contributed by atoms with Crippen molar-refractivity contribution in [1.29, 1.82) is 0 Å². The zero-order valence-corrected chi connectivity index (χ0v) is 16.6. The summed E-state index contributed by atoms with van der Waals surface area (Å²) in [5.74, 6) is 0.692. The van der Waals surface area contributed by atoms with Crippen LogP contribution in [0.1, 0.15) is 18.4 Å². The second-order valence-corrected chi connectivity index (χ2v) is 6.54. The van der Waals surface area contributed by atoms with Gasteiger partial charge in [0.05, 0.1) is 19.2 Å². The Balaban J connectivity index is 2.16. The molecular formula is C19H27N3O4S. The van der Waals surface area contributed by atoms with E-state index in [9.17, 15) is 4.79 Å². The first-order valence-electron chi connectivity index (χ1n) is 8.91. The molecule has 0 saturated carbocycles. The van der Waals surface area contributed by atoms with Gasteiger partial charge in [0.1, 0.15) is 5.75 Å². The lowest BCUT2D eigenvalue weighted by molar-refractivity contribution is 0.195. The molecule has 0 amide bonds. The highest BCUT2D eigenvalue weighted by Gasteiger charge is 2.13. The second kappa shape index (κ2) is 10.9. The van der Waals surface area contributed by atoms with E-state index < -0.39 is 0 Å². The van der Waals surface area contributed by atoms with E-state index in [1.54, 1.807) is 20.3 Å². The van der Waals surface area contributed by atoms with Crippen molar-refractivity contribution in [1.82, 2.24) is 15.2 Å². The van der Waals surface area contributed by atoms with Crippen molar-refractivity contribution >= 4 is 28.2 Å². The number of aliphatic hydroxyl groups excluding tert-OH is 1. The maximum Gasteiger partial charge on any atom is 0.253 e. The summed E-state index contributed by atoms with van der Waals surface area (Å²) in [4.78, 5) is 17.3. The van der Waals surface area contributed by atoms with Crippen LogP contribution >= 0.6 is 12.2 Å². The molecule has 0 radical (unpaired) electrons. The van der Waals surface area contributed by atoms with Crippen LogP contribution in [0.15, 0.2) is 29.1 Å². The fraction of sp³-hybridized carbons (Fsp3) is 0.474. The van der Waals surface area contributed by atoms with Crippen LogP contribution in [0.2, 0.25) is 0 Å². The van der Waals surface area contributed by atoms with Gasteiger partial charge in [0, 0.05) is 45.0 Å². The quantitative estimate of drug-likeness (QED) is 0.418. The normalized spacial score (nSPS) is 10.8. The summed E-state index contributed by atoms with van der Waals surface area (Å²) in [5, 5.41) is 13.8. The Morgan fingerprint density at radius 3 is 2.81 bits per heavy atom. The Morgan fingerprint density at radius 2 is 2.11 bits per heavy atom. The number of aromatic nitrogens is 1. The van der Waals surface area contributed by atoms with E-state index in [1.807, 2.05) is 23.1 Å². The molecule has 148 valence electrons. The van der Waals surface area contributed by atoms with E-state index in [2.05, 4.69) is 10.3 Å². The van der Waals surface area contributed by atoms with Gasteiger partial charge in [-0.2, -0.15) is 0 Å². The number of H-pyrrole nitrogens is 1. The Bertz CT molecular complexity index is 809. The SMILES string of the molecule is COCCCNC(=S)N(CCCO)Cc1cc2ccc(OC)cc2[nH]c1=O. The number of thiocarbonyl (C=S) groups is 1. The molecule has 0 atom stereocenters. The molecule has 0 unspecified atom stereocenters. The van der Waals surface area contributed by atoms with Gasteiger partial charge in [0.25, 0.3) is 5.56 Å². The molecule has 0 aliphatic rings. The summed E-state index contributed by atoms with van der Waals surface area (Å²) in [6.45, 7) is 2.34. The van der Waals surface area contributed by atoms with E-state index in [-0.39, 0.29) is 12.2 Å². The van der Waals surface area contributed by atoms with Crippen LogP contribution in [0.4, 0.5) is 0 Å². The van der Waals surface area contributed by atoms with Gasteiger partial charge in [-0.05, 0) is 48.6 Å². The fourth-order valence-electron chi connectivity index (χ4n) is 2.71.